The van der Waals surface area contributed by atoms with Gasteiger partial charge >= 0.3 is 6.18 Å². The summed E-state index contributed by atoms with van der Waals surface area (Å²) in [5.74, 6) is 0.457. The number of thioether (sulfide) groups is 1. The first-order valence-corrected chi connectivity index (χ1v) is 11.5. The number of imidazole rings is 1. The maximum atomic E-state index is 13.1. The van der Waals surface area contributed by atoms with E-state index in [-0.39, 0.29) is 11.3 Å². The van der Waals surface area contributed by atoms with Gasteiger partial charge in [0.05, 0.1) is 28.9 Å². The maximum Gasteiger partial charge on any atom is 0.416 e. The predicted octanol–water partition coefficient (Wildman–Crippen LogP) is 4.13. The molecule has 0 unspecified atom stereocenters. The van der Waals surface area contributed by atoms with Gasteiger partial charge in [-0.15, -0.1) is 0 Å². The molecular formula is C19H20F3N3O2S2. The molecule has 29 heavy (non-hydrogen) atoms. The number of benzene rings is 2. The van der Waals surface area contributed by atoms with E-state index >= 15 is 0 Å². The SMILES string of the molecule is CNS(=O)(=O)CCCSc1nc2cc(C(F)(F)F)ccc2n1Cc1ccccc1. The van der Waals surface area contributed by atoms with E-state index < -0.39 is 21.8 Å². The highest BCUT2D eigenvalue weighted by Gasteiger charge is 2.31. The Labute approximate surface area is 171 Å². The van der Waals surface area contributed by atoms with Crippen molar-refractivity contribution in [2.45, 2.75) is 24.3 Å². The second-order valence-corrected chi connectivity index (χ2v) is 9.50. The van der Waals surface area contributed by atoms with Gasteiger partial charge < -0.3 is 4.57 Å². The topological polar surface area (TPSA) is 64.0 Å². The molecule has 0 aliphatic carbocycles. The van der Waals surface area contributed by atoms with Gasteiger partial charge in [-0.2, -0.15) is 13.2 Å². The first-order valence-electron chi connectivity index (χ1n) is 8.85. The fourth-order valence-electron chi connectivity index (χ4n) is 2.83. The highest BCUT2D eigenvalue weighted by molar-refractivity contribution is 7.99. The van der Waals surface area contributed by atoms with E-state index in [1.807, 2.05) is 34.9 Å². The zero-order valence-electron chi connectivity index (χ0n) is 15.6. The van der Waals surface area contributed by atoms with Crippen LogP contribution < -0.4 is 4.72 Å². The second kappa shape index (κ2) is 8.76. The van der Waals surface area contributed by atoms with Crippen molar-refractivity contribution in [3.63, 3.8) is 0 Å². The van der Waals surface area contributed by atoms with Gasteiger partial charge in [-0.1, -0.05) is 42.1 Å². The number of nitrogens with one attached hydrogen (secondary N) is 1. The third-order valence-electron chi connectivity index (χ3n) is 4.32. The Morgan fingerprint density at radius 3 is 2.52 bits per heavy atom. The molecule has 3 rings (SSSR count). The molecule has 0 atom stereocenters. The zero-order valence-corrected chi connectivity index (χ0v) is 17.2. The zero-order chi connectivity index (χ0) is 21.1. The van der Waals surface area contributed by atoms with Crippen molar-refractivity contribution in [2.75, 3.05) is 18.6 Å². The third-order valence-corrected chi connectivity index (χ3v) is 6.83. The summed E-state index contributed by atoms with van der Waals surface area (Å²) in [5.41, 5.74) is 1.12. The van der Waals surface area contributed by atoms with Crippen molar-refractivity contribution in [1.29, 1.82) is 0 Å². The molecular weight excluding hydrogens is 423 g/mol. The summed E-state index contributed by atoms with van der Waals surface area (Å²) in [5, 5.41) is 0.560. The summed E-state index contributed by atoms with van der Waals surface area (Å²) in [4.78, 5) is 4.40. The Morgan fingerprint density at radius 1 is 1.14 bits per heavy atom. The van der Waals surface area contributed by atoms with Gasteiger partial charge in [0.15, 0.2) is 5.16 Å². The van der Waals surface area contributed by atoms with Crippen LogP contribution in [0.3, 0.4) is 0 Å². The molecule has 0 spiro atoms. The average molecular weight is 444 g/mol. The van der Waals surface area contributed by atoms with Gasteiger partial charge in [-0.25, -0.2) is 18.1 Å². The first kappa shape index (κ1) is 21.7. The number of hydrogen-bond acceptors (Lipinski definition) is 4. The average Bonchev–Trinajstić information content (AvgIpc) is 3.02. The smallest absolute Gasteiger partial charge is 0.314 e. The van der Waals surface area contributed by atoms with Crippen LogP contribution in [0, 0.1) is 0 Å². The van der Waals surface area contributed by atoms with Gasteiger partial charge in [0, 0.05) is 5.75 Å². The molecule has 0 amide bonds. The number of rotatable bonds is 8. The molecule has 5 nitrogen and oxygen atoms in total. The number of hydrogen-bond donors (Lipinski definition) is 1. The highest BCUT2D eigenvalue weighted by Crippen LogP contribution is 2.33. The summed E-state index contributed by atoms with van der Waals surface area (Å²) >= 11 is 1.33. The van der Waals surface area contributed by atoms with Crippen LogP contribution in [0.1, 0.15) is 17.5 Å². The molecule has 156 valence electrons. The normalized spacial score (nSPS) is 12.6. The number of alkyl halides is 3. The summed E-state index contributed by atoms with van der Waals surface area (Å²) in [6.45, 7) is 0.458. The number of sulfonamides is 1. The summed E-state index contributed by atoms with van der Waals surface area (Å²) in [6, 6.07) is 13.1. The Bertz CT molecular complexity index is 1080. The van der Waals surface area contributed by atoms with Crippen LogP contribution in [0.5, 0.6) is 0 Å². The molecule has 3 aromatic rings. The van der Waals surface area contributed by atoms with Gasteiger partial charge in [0.1, 0.15) is 0 Å². The Morgan fingerprint density at radius 2 is 1.86 bits per heavy atom. The second-order valence-electron chi connectivity index (χ2n) is 6.39. The number of fused-ring (bicyclic) bond motifs is 1. The van der Waals surface area contributed by atoms with Crippen molar-refractivity contribution in [3.05, 3.63) is 59.7 Å². The minimum absolute atomic E-state index is 0.0202. The Kier molecular flexibility index (Phi) is 6.55. The van der Waals surface area contributed by atoms with Crippen molar-refractivity contribution in [3.8, 4) is 0 Å². The molecule has 0 saturated carbocycles. The fraction of sp³-hybridized carbons (Fsp3) is 0.316. The van der Waals surface area contributed by atoms with E-state index in [4.69, 9.17) is 0 Å². The van der Waals surface area contributed by atoms with Crippen LogP contribution in [0.2, 0.25) is 0 Å². The molecule has 1 heterocycles. The third kappa shape index (κ3) is 5.52. The lowest BCUT2D eigenvalue weighted by atomic mass is 10.2. The van der Waals surface area contributed by atoms with E-state index in [0.717, 1.165) is 17.7 Å². The van der Waals surface area contributed by atoms with E-state index in [1.165, 1.54) is 24.9 Å². The molecule has 1 aromatic heterocycles. The van der Waals surface area contributed by atoms with Crippen LogP contribution in [-0.2, 0) is 22.7 Å². The fourth-order valence-corrected chi connectivity index (χ4v) is 4.69. The molecule has 0 radical (unpaired) electrons. The first-order chi connectivity index (χ1) is 13.7. The van der Waals surface area contributed by atoms with E-state index in [9.17, 15) is 21.6 Å². The van der Waals surface area contributed by atoms with Crippen LogP contribution in [-0.4, -0.2) is 36.5 Å². The van der Waals surface area contributed by atoms with Gasteiger partial charge in [-0.05, 0) is 37.2 Å². The van der Waals surface area contributed by atoms with Crippen molar-refractivity contribution >= 4 is 32.8 Å². The van der Waals surface area contributed by atoms with E-state index in [2.05, 4.69) is 9.71 Å². The molecule has 1 N–H and O–H groups in total. The quantitative estimate of drug-likeness (QED) is 0.420. The van der Waals surface area contributed by atoms with Crippen LogP contribution in [0.25, 0.3) is 11.0 Å². The van der Waals surface area contributed by atoms with E-state index in [0.29, 0.717) is 29.4 Å². The largest absolute Gasteiger partial charge is 0.416 e. The van der Waals surface area contributed by atoms with Gasteiger partial charge in [0.2, 0.25) is 10.0 Å². The highest BCUT2D eigenvalue weighted by atomic mass is 32.2. The summed E-state index contributed by atoms with van der Waals surface area (Å²) in [6.07, 6.45) is -4.04. The molecule has 0 aliphatic rings. The van der Waals surface area contributed by atoms with Crippen molar-refractivity contribution < 1.29 is 21.6 Å². The number of nitrogens with zero attached hydrogens (tertiary/aromatic N) is 2. The minimum atomic E-state index is -4.44. The molecule has 2 aromatic carbocycles. The van der Waals surface area contributed by atoms with Crippen molar-refractivity contribution in [2.24, 2.45) is 0 Å². The Balaban J connectivity index is 1.90. The van der Waals surface area contributed by atoms with Crippen molar-refractivity contribution in [1.82, 2.24) is 14.3 Å². The summed E-state index contributed by atoms with van der Waals surface area (Å²) < 4.78 is 66.4. The molecule has 0 bridgehead atoms. The monoisotopic (exact) mass is 443 g/mol. The molecule has 0 saturated heterocycles. The lowest BCUT2D eigenvalue weighted by Gasteiger charge is -2.10. The van der Waals surface area contributed by atoms with E-state index in [1.54, 1.807) is 0 Å². The summed E-state index contributed by atoms with van der Waals surface area (Å²) in [7, 11) is -1.93. The standard InChI is InChI=1S/C19H20F3N3O2S2/c1-23-29(26,27)11-5-10-28-18-24-16-12-15(19(20,21)22)8-9-17(16)25(18)13-14-6-3-2-4-7-14/h2-4,6-9,12,23H,5,10-11,13H2,1H3. The van der Waals surface area contributed by atoms with Crippen LogP contribution in [0.15, 0.2) is 53.7 Å². The number of halogens is 3. The van der Waals surface area contributed by atoms with Crippen LogP contribution in [0.4, 0.5) is 13.2 Å². The number of aromatic nitrogens is 2. The lowest BCUT2D eigenvalue weighted by molar-refractivity contribution is -0.137. The molecule has 0 aliphatic heterocycles. The Hall–Kier alpha value is -2.04. The lowest BCUT2D eigenvalue weighted by Crippen LogP contribution is -2.22. The molecule has 10 heteroatoms. The van der Waals surface area contributed by atoms with Crippen LogP contribution >= 0.6 is 11.8 Å². The minimum Gasteiger partial charge on any atom is -0.314 e. The van der Waals surface area contributed by atoms with Gasteiger partial charge in [-0.3, -0.25) is 0 Å². The predicted molar refractivity (Wildman–Crippen MR) is 108 cm³/mol. The van der Waals surface area contributed by atoms with Gasteiger partial charge in [0.25, 0.3) is 0 Å². The molecule has 0 fully saturated rings. The maximum absolute atomic E-state index is 13.1.